The fourth-order valence-corrected chi connectivity index (χ4v) is 2.28. The van der Waals surface area contributed by atoms with E-state index < -0.39 is 0 Å². The molecule has 1 aliphatic rings. The van der Waals surface area contributed by atoms with Gasteiger partial charge in [-0.2, -0.15) is 0 Å². The molecular weight excluding hydrogens is 224 g/mol. The summed E-state index contributed by atoms with van der Waals surface area (Å²) in [7, 11) is 0. The molecule has 0 spiro atoms. The zero-order valence-electron chi connectivity index (χ0n) is 11.4. The molecule has 1 aliphatic carbocycles. The number of anilines is 2. The predicted molar refractivity (Wildman–Crippen MR) is 77.1 cm³/mol. The van der Waals surface area contributed by atoms with E-state index in [1.807, 2.05) is 18.2 Å². The van der Waals surface area contributed by atoms with Gasteiger partial charge in [0, 0.05) is 17.8 Å². The first-order valence-electron chi connectivity index (χ1n) is 6.99. The number of nitrogens with one attached hydrogen (secondary N) is 1. The second-order valence-electron chi connectivity index (χ2n) is 5.23. The highest BCUT2D eigenvalue weighted by molar-refractivity contribution is 5.61. The highest BCUT2D eigenvalue weighted by atomic mass is 16.5. The van der Waals surface area contributed by atoms with Gasteiger partial charge in [-0.1, -0.05) is 13.3 Å². The Balaban J connectivity index is 1.99. The zero-order valence-corrected chi connectivity index (χ0v) is 11.4. The third kappa shape index (κ3) is 3.09. The molecule has 1 atom stereocenters. The van der Waals surface area contributed by atoms with Crippen molar-refractivity contribution in [2.24, 2.45) is 5.92 Å². The molecule has 1 fully saturated rings. The minimum atomic E-state index is 0.529. The van der Waals surface area contributed by atoms with Gasteiger partial charge >= 0.3 is 0 Å². The van der Waals surface area contributed by atoms with Crippen LogP contribution >= 0.6 is 0 Å². The van der Waals surface area contributed by atoms with Crippen LogP contribution in [0.1, 0.15) is 39.5 Å². The molecule has 1 unspecified atom stereocenters. The molecule has 0 amide bonds. The van der Waals surface area contributed by atoms with Crippen LogP contribution in [-0.4, -0.2) is 12.6 Å². The number of nitrogens with two attached hydrogens (primary N) is 1. The Labute approximate surface area is 110 Å². The fraction of sp³-hybridized carbons (Fsp3) is 0.600. The molecule has 18 heavy (non-hydrogen) atoms. The number of ether oxygens (including phenoxy) is 1. The Kier molecular flexibility index (Phi) is 4.34. The Bertz CT molecular complexity index is 388. The van der Waals surface area contributed by atoms with Crippen molar-refractivity contribution in [3.8, 4) is 5.75 Å². The van der Waals surface area contributed by atoms with Gasteiger partial charge < -0.3 is 15.8 Å². The summed E-state index contributed by atoms with van der Waals surface area (Å²) in [6.45, 7) is 5.07. The lowest BCUT2D eigenvalue weighted by Crippen LogP contribution is -2.30. The molecule has 0 aliphatic heterocycles. The van der Waals surface area contributed by atoms with Crippen LogP contribution in [0.3, 0.4) is 0 Å². The topological polar surface area (TPSA) is 47.3 Å². The molecule has 0 bridgehead atoms. The molecular formula is C15H24N2O. The predicted octanol–water partition coefficient (Wildman–Crippen LogP) is 3.66. The minimum Gasteiger partial charge on any atom is -0.491 e. The van der Waals surface area contributed by atoms with Crippen molar-refractivity contribution >= 4 is 11.4 Å². The van der Waals surface area contributed by atoms with Crippen molar-refractivity contribution in [2.45, 2.75) is 45.6 Å². The highest BCUT2D eigenvalue weighted by Gasteiger charge is 2.23. The molecule has 0 heterocycles. The van der Waals surface area contributed by atoms with Gasteiger partial charge in [0.25, 0.3) is 0 Å². The molecule has 1 aromatic rings. The summed E-state index contributed by atoms with van der Waals surface area (Å²) in [6, 6.07) is 6.49. The van der Waals surface area contributed by atoms with Crippen LogP contribution in [-0.2, 0) is 0 Å². The van der Waals surface area contributed by atoms with Crippen LogP contribution in [0.5, 0.6) is 5.75 Å². The minimum absolute atomic E-state index is 0.529. The second kappa shape index (κ2) is 5.98. The van der Waals surface area contributed by atoms with Crippen LogP contribution in [0.4, 0.5) is 11.4 Å². The maximum absolute atomic E-state index is 5.91. The number of hydrogen-bond acceptors (Lipinski definition) is 3. The van der Waals surface area contributed by atoms with Gasteiger partial charge in [0.15, 0.2) is 0 Å². The quantitative estimate of drug-likeness (QED) is 0.755. The lowest BCUT2D eigenvalue weighted by atomic mass is 9.80. The molecule has 0 aromatic heterocycles. The van der Waals surface area contributed by atoms with E-state index in [9.17, 15) is 0 Å². The van der Waals surface area contributed by atoms with Gasteiger partial charge in [-0.15, -0.1) is 0 Å². The summed E-state index contributed by atoms with van der Waals surface area (Å²) in [6.07, 6.45) is 5.07. The maximum atomic E-state index is 5.91. The molecule has 3 N–H and O–H groups in total. The van der Waals surface area contributed by atoms with Gasteiger partial charge in [0.2, 0.25) is 0 Å². The van der Waals surface area contributed by atoms with Crippen LogP contribution in [0, 0.1) is 5.92 Å². The van der Waals surface area contributed by atoms with Crippen molar-refractivity contribution in [3.63, 3.8) is 0 Å². The number of benzene rings is 1. The van der Waals surface area contributed by atoms with Crippen LogP contribution in [0.25, 0.3) is 0 Å². The van der Waals surface area contributed by atoms with Crippen LogP contribution in [0.2, 0.25) is 0 Å². The molecule has 3 heteroatoms. The molecule has 1 saturated carbocycles. The van der Waals surface area contributed by atoms with Crippen molar-refractivity contribution in [1.29, 1.82) is 0 Å². The summed E-state index contributed by atoms with van der Waals surface area (Å²) < 4.78 is 5.64. The maximum Gasteiger partial charge on any atom is 0.144 e. The normalized spacial score (nSPS) is 17.0. The van der Waals surface area contributed by atoms with E-state index in [4.69, 9.17) is 10.5 Å². The third-order valence-corrected chi connectivity index (χ3v) is 3.73. The fourth-order valence-electron chi connectivity index (χ4n) is 2.28. The Morgan fingerprint density at radius 2 is 2.22 bits per heavy atom. The molecule has 3 nitrogen and oxygen atoms in total. The van der Waals surface area contributed by atoms with E-state index >= 15 is 0 Å². The number of hydrogen-bond donors (Lipinski definition) is 2. The SMILES string of the molecule is CCCOc1cc(NC(C)C2CCC2)ccc1N. The molecule has 0 saturated heterocycles. The van der Waals surface area contributed by atoms with E-state index in [1.165, 1.54) is 19.3 Å². The largest absolute Gasteiger partial charge is 0.491 e. The summed E-state index contributed by atoms with van der Waals surface area (Å²) in [5.41, 5.74) is 7.72. The van der Waals surface area contributed by atoms with E-state index in [1.54, 1.807) is 0 Å². The third-order valence-electron chi connectivity index (χ3n) is 3.73. The lowest BCUT2D eigenvalue weighted by Gasteiger charge is -2.32. The lowest BCUT2D eigenvalue weighted by molar-refractivity contribution is 0.285. The second-order valence-corrected chi connectivity index (χ2v) is 5.23. The molecule has 100 valence electrons. The van der Waals surface area contributed by atoms with E-state index in [0.717, 1.165) is 23.8 Å². The number of nitrogen functional groups attached to an aromatic ring is 1. The molecule has 2 rings (SSSR count). The van der Waals surface area contributed by atoms with Gasteiger partial charge in [-0.3, -0.25) is 0 Å². The van der Waals surface area contributed by atoms with E-state index in [0.29, 0.717) is 18.3 Å². The Hall–Kier alpha value is -1.38. The van der Waals surface area contributed by atoms with Gasteiger partial charge in [-0.05, 0) is 44.2 Å². The molecule has 0 radical (unpaired) electrons. The first-order valence-corrected chi connectivity index (χ1v) is 6.99. The Morgan fingerprint density at radius 1 is 1.44 bits per heavy atom. The smallest absolute Gasteiger partial charge is 0.144 e. The average Bonchev–Trinajstić information content (AvgIpc) is 2.27. The number of rotatable bonds is 6. The van der Waals surface area contributed by atoms with Gasteiger partial charge in [0.1, 0.15) is 5.75 Å². The highest BCUT2D eigenvalue weighted by Crippen LogP contribution is 2.32. The van der Waals surface area contributed by atoms with Gasteiger partial charge in [-0.25, -0.2) is 0 Å². The standard InChI is InChI=1S/C15H24N2O/c1-3-9-18-15-10-13(7-8-14(15)16)17-11(2)12-5-4-6-12/h7-8,10-12,17H,3-6,9,16H2,1-2H3. The van der Waals surface area contributed by atoms with Crippen molar-refractivity contribution in [2.75, 3.05) is 17.7 Å². The zero-order chi connectivity index (χ0) is 13.0. The van der Waals surface area contributed by atoms with Crippen molar-refractivity contribution in [1.82, 2.24) is 0 Å². The summed E-state index contributed by atoms with van der Waals surface area (Å²) >= 11 is 0. The van der Waals surface area contributed by atoms with Crippen LogP contribution in [0.15, 0.2) is 18.2 Å². The molecule has 1 aromatic carbocycles. The van der Waals surface area contributed by atoms with Crippen LogP contribution < -0.4 is 15.8 Å². The first-order chi connectivity index (χ1) is 8.70. The van der Waals surface area contributed by atoms with Gasteiger partial charge in [0.05, 0.1) is 12.3 Å². The van der Waals surface area contributed by atoms with E-state index in [-0.39, 0.29) is 0 Å². The summed E-state index contributed by atoms with van der Waals surface area (Å²) in [5, 5.41) is 3.55. The van der Waals surface area contributed by atoms with Crippen molar-refractivity contribution in [3.05, 3.63) is 18.2 Å². The average molecular weight is 248 g/mol. The first kappa shape index (κ1) is 13.1. The van der Waals surface area contributed by atoms with Crippen molar-refractivity contribution < 1.29 is 4.74 Å². The summed E-state index contributed by atoms with van der Waals surface area (Å²) in [5.74, 6) is 1.62. The monoisotopic (exact) mass is 248 g/mol. The Morgan fingerprint density at radius 3 is 2.83 bits per heavy atom. The van der Waals surface area contributed by atoms with E-state index in [2.05, 4.69) is 19.2 Å². The summed E-state index contributed by atoms with van der Waals surface area (Å²) in [4.78, 5) is 0.